The fourth-order valence-electron chi connectivity index (χ4n) is 1.14. The molecule has 0 fully saturated rings. The number of hydrogen-bond acceptors (Lipinski definition) is 2. The van der Waals surface area contributed by atoms with E-state index in [0.29, 0.717) is 5.92 Å². The first-order chi connectivity index (χ1) is 5.79. The van der Waals surface area contributed by atoms with E-state index in [1.807, 2.05) is 6.92 Å². The van der Waals surface area contributed by atoms with Gasteiger partial charge in [-0.05, 0) is 30.7 Å². The first kappa shape index (κ1) is 9.59. The van der Waals surface area contributed by atoms with Crippen molar-refractivity contribution in [1.82, 2.24) is 0 Å². The highest BCUT2D eigenvalue weighted by atomic mass is 32.1. The Balaban J connectivity index is 2.76. The molecule has 0 radical (unpaired) electrons. The molecule has 0 bridgehead atoms. The lowest BCUT2D eigenvalue weighted by atomic mass is 10.0. The highest BCUT2D eigenvalue weighted by Crippen LogP contribution is 2.33. The SMILES string of the molecule is CCOc1sccc1C(C)CC. The van der Waals surface area contributed by atoms with Gasteiger partial charge in [-0.25, -0.2) is 0 Å². The van der Waals surface area contributed by atoms with Crippen molar-refractivity contribution in [3.8, 4) is 5.06 Å². The normalized spacial score (nSPS) is 12.9. The van der Waals surface area contributed by atoms with Crippen LogP contribution < -0.4 is 4.74 Å². The Morgan fingerprint density at radius 2 is 2.25 bits per heavy atom. The van der Waals surface area contributed by atoms with Crippen molar-refractivity contribution in [3.05, 3.63) is 17.0 Å². The van der Waals surface area contributed by atoms with Crippen LogP contribution in [0.1, 0.15) is 38.7 Å². The molecule has 0 aromatic carbocycles. The van der Waals surface area contributed by atoms with Crippen LogP contribution in [0, 0.1) is 0 Å². The van der Waals surface area contributed by atoms with Gasteiger partial charge in [-0.3, -0.25) is 0 Å². The van der Waals surface area contributed by atoms with Crippen molar-refractivity contribution >= 4 is 11.3 Å². The van der Waals surface area contributed by atoms with E-state index in [2.05, 4.69) is 25.3 Å². The molecule has 2 heteroatoms. The second kappa shape index (κ2) is 4.51. The van der Waals surface area contributed by atoms with Gasteiger partial charge in [-0.1, -0.05) is 13.8 Å². The maximum absolute atomic E-state index is 5.52. The fraction of sp³-hybridized carbons (Fsp3) is 0.600. The van der Waals surface area contributed by atoms with Crippen LogP contribution in [-0.2, 0) is 0 Å². The molecule has 1 nitrogen and oxygen atoms in total. The Labute approximate surface area is 78.4 Å². The van der Waals surface area contributed by atoms with Gasteiger partial charge in [-0.15, -0.1) is 11.3 Å². The summed E-state index contributed by atoms with van der Waals surface area (Å²) >= 11 is 1.70. The summed E-state index contributed by atoms with van der Waals surface area (Å²) in [5.41, 5.74) is 1.37. The van der Waals surface area contributed by atoms with Crippen LogP contribution in [0.25, 0.3) is 0 Å². The molecular weight excluding hydrogens is 168 g/mol. The van der Waals surface area contributed by atoms with Gasteiger partial charge in [0.15, 0.2) is 5.06 Å². The van der Waals surface area contributed by atoms with Crippen molar-refractivity contribution in [1.29, 1.82) is 0 Å². The van der Waals surface area contributed by atoms with E-state index in [-0.39, 0.29) is 0 Å². The second-order valence-corrected chi connectivity index (χ2v) is 3.78. The molecule has 0 saturated carbocycles. The maximum Gasteiger partial charge on any atom is 0.177 e. The zero-order chi connectivity index (χ0) is 8.97. The molecule has 1 rings (SSSR count). The molecule has 68 valence electrons. The van der Waals surface area contributed by atoms with Crippen molar-refractivity contribution in [3.63, 3.8) is 0 Å². The Morgan fingerprint density at radius 1 is 1.50 bits per heavy atom. The first-order valence-corrected chi connectivity index (χ1v) is 5.37. The van der Waals surface area contributed by atoms with Gasteiger partial charge < -0.3 is 4.74 Å². The number of ether oxygens (including phenoxy) is 1. The molecular formula is C10H16OS. The summed E-state index contributed by atoms with van der Waals surface area (Å²) in [6, 6.07) is 2.17. The average Bonchev–Trinajstić information content (AvgIpc) is 2.52. The van der Waals surface area contributed by atoms with E-state index in [9.17, 15) is 0 Å². The van der Waals surface area contributed by atoms with Crippen molar-refractivity contribution in [2.75, 3.05) is 6.61 Å². The average molecular weight is 184 g/mol. The number of hydrogen-bond donors (Lipinski definition) is 0. The van der Waals surface area contributed by atoms with Crippen LogP contribution in [0.4, 0.5) is 0 Å². The van der Waals surface area contributed by atoms with Crippen molar-refractivity contribution in [2.24, 2.45) is 0 Å². The molecule has 1 atom stereocenters. The third-order valence-corrected chi connectivity index (χ3v) is 2.92. The molecule has 1 unspecified atom stereocenters. The van der Waals surface area contributed by atoms with Crippen LogP contribution in [0.3, 0.4) is 0 Å². The van der Waals surface area contributed by atoms with Crippen molar-refractivity contribution < 1.29 is 4.74 Å². The monoisotopic (exact) mass is 184 g/mol. The molecule has 1 aromatic rings. The third kappa shape index (κ3) is 2.01. The van der Waals surface area contributed by atoms with E-state index in [4.69, 9.17) is 4.74 Å². The van der Waals surface area contributed by atoms with E-state index in [1.54, 1.807) is 11.3 Å². The lowest BCUT2D eigenvalue weighted by Gasteiger charge is -2.09. The van der Waals surface area contributed by atoms with Crippen LogP contribution in [0.15, 0.2) is 11.4 Å². The van der Waals surface area contributed by atoms with Crippen LogP contribution >= 0.6 is 11.3 Å². The Kier molecular flexibility index (Phi) is 3.60. The summed E-state index contributed by atoms with van der Waals surface area (Å²) in [6.07, 6.45) is 1.18. The number of rotatable bonds is 4. The van der Waals surface area contributed by atoms with Gasteiger partial charge in [0.05, 0.1) is 6.61 Å². The zero-order valence-corrected chi connectivity index (χ0v) is 8.78. The number of thiophene rings is 1. The van der Waals surface area contributed by atoms with Crippen LogP contribution in [-0.4, -0.2) is 6.61 Å². The summed E-state index contributed by atoms with van der Waals surface area (Å²) < 4.78 is 5.52. The van der Waals surface area contributed by atoms with Gasteiger partial charge in [0.2, 0.25) is 0 Å². The van der Waals surface area contributed by atoms with Crippen LogP contribution in [0.2, 0.25) is 0 Å². The summed E-state index contributed by atoms with van der Waals surface area (Å²) in [5.74, 6) is 0.623. The standard InChI is InChI=1S/C10H16OS/c1-4-8(3)9-6-7-12-10(9)11-5-2/h6-8H,4-5H2,1-3H3. The van der Waals surface area contributed by atoms with Gasteiger partial charge in [0, 0.05) is 5.56 Å². The van der Waals surface area contributed by atoms with E-state index >= 15 is 0 Å². The van der Waals surface area contributed by atoms with Crippen LogP contribution in [0.5, 0.6) is 5.06 Å². The van der Waals surface area contributed by atoms with Gasteiger partial charge in [0.1, 0.15) is 0 Å². The second-order valence-electron chi connectivity index (χ2n) is 2.91. The summed E-state index contributed by atoms with van der Waals surface area (Å²) in [4.78, 5) is 0. The minimum absolute atomic E-state index is 0.623. The third-order valence-electron chi connectivity index (χ3n) is 2.08. The Morgan fingerprint density at radius 3 is 2.83 bits per heavy atom. The van der Waals surface area contributed by atoms with Gasteiger partial charge in [-0.2, -0.15) is 0 Å². The summed E-state index contributed by atoms with van der Waals surface area (Å²) in [5, 5.41) is 3.21. The molecule has 0 aliphatic rings. The fourth-order valence-corrected chi connectivity index (χ4v) is 2.07. The highest BCUT2D eigenvalue weighted by molar-refractivity contribution is 7.12. The molecule has 0 aliphatic carbocycles. The van der Waals surface area contributed by atoms with E-state index < -0.39 is 0 Å². The zero-order valence-electron chi connectivity index (χ0n) is 7.96. The molecule has 0 amide bonds. The molecule has 1 heterocycles. The molecule has 1 aromatic heterocycles. The largest absolute Gasteiger partial charge is 0.484 e. The van der Waals surface area contributed by atoms with Gasteiger partial charge >= 0.3 is 0 Å². The molecule has 0 spiro atoms. The smallest absolute Gasteiger partial charge is 0.177 e. The quantitative estimate of drug-likeness (QED) is 0.694. The summed E-state index contributed by atoms with van der Waals surface area (Å²) in [6.45, 7) is 7.24. The predicted molar refractivity (Wildman–Crippen MR) is 54.2 cm³/mol. The Bertz CT molecular complexity index is 229. The molecule has 0 N–H and O–H groups in total. The summed E-state index contributed by atoms with van der Waals surface area (Å²) in [7, 11) is 0. The van der Waals surface area contributed by atoms with Gasteiger partial charge in [0.25, 0.3) is 0 Å². The molecule has 0 aliphatic heterocycles. The molecule has 12 heavy (non-hydrogen) atoms. The lowest BCUT2D eigenvalue weighted by molar-refractivity contribution is 0.345. The topological polar surface area (TPSA) is 9.23 Å². The van der Waals surface area contributed by atoms with Crippen molar-refractivity contribution in [2.45, 2.75) is 33.1 Å². The first-order valence-electron chi connectivity index (χ1n) is 4.49. The minimum Gasteiger partial charge on any atom is -0.484 e. The predicted octanol–water partition coefficient (Wildman–Crippen LogP) is 3.66. The maximum atomic E-state index is 5.52. The minimum atomic E-state index is 0.623. The highest BCUT2D eigenvalue weighted by Gasteiger charge is 2.10. The van der Waals surface area contributed by atoms with E-state index in [1.165, 1.54) is 12.0 Å². The Hall–Kier alpha value is -0.500. The van der Waals surface area contributed by atoms with E-state index in [0.717, 1.165) is 11.7 Å². The lowest BCUT2D eigenvalue weighted by Crippen LogP contribution is -1.95. The molecule has 0 saturated heterocycles.